The summed E-state index contributed by atoms with van der Waals surface area (Å²) in [5, 5.41) is 18.3. The van der Waals surface area contributed by atoms with Gasteiger partial charge >= 0.3 is 5.97 Å². The lowest BCUT2D eigenvalue weighted by atomic mass is 9.58. The van der Waals surface area contributed by atoms with E-state index in [4.69, 9.17) is 22.0 Å². The Morgan fingerprint density at radius 3 is 2.59 bits per heavy atom. The topological polar surface area (TPSA) is 98.5 Å². The highest BCUT2D eigenvalue weighted by molar-refractivity contribution is 7.89. The molecule has 0 atom stereocenters. The van der Waals surface area contributed by atoms with Crippen molar-refractivity contribution < 1.29 is 18.3 Å². The number of carboxylic acid groups (broad SMARTS) is 1. The minimum absolute atomic E-state index is 0.0190. The number of hydrogen-bond donors (Lipinski definition) is 1. The molecule has 0 aromatic heterocycles. The van der Waals surface area contributed by atoms with Gasteiger partial charge in [-0.05, 0) is 36.5 Å². The second-order valence-corrected chi connectivity index (χ2v) is 8.31. The summed E-state index contributed by atoms with van der Waals surface area (Å²) in [6, 6.07) is 5.95. The summed E-state index contributed by atoms with van der Waals surface area (Å²) in [4.78, 5) is 10.8. The third-order valence-electron chi connectivity index (χ3n) is 4.41. The molecule has 6 nitrogen and oxygen atoms in total. The van der Waals surface area contributed by atoms with E-state index in [0.717, 1.165) is 0 Å². The molecule has 0 bridgehead atoms. The molecule has 0 unspecified atom stereocenters. The monoisotopic (exact) mass is 340 g/mol. The van der Waals surface area contributed by atoms with Gasteiger partial charge in [0.25, 0.3) is 0 Å². The van der Waals surface area contributed by atoms with Gasteiger partial charge in [0, 0.05) is 18.1 Å². The third kappa shape index (κ3) is 2.28. The molecule has 1 N–H and O–H groups in total. The van der Waals surface area contributed by atoms with Crippen LogP contribution in [0.5, 0.6) is 0 Å². The van der Waals surface area contributed by atoms with E-state index in [-0.39, 0.29) is 21.8 Å². The van der Waals surface area contributed by atoms with E-state index in [9.17, 15) is 13.2 Å². The molecule has 116 valence electrons. The first-order valence-corrected chi connectivity index (χ1v) is 8.52. The zero-order valence-corrected chi connectivity index (χ0v) is 13.1. The molecule has 1 aromatic rings. The molecule has 2 fully saturated rings. The smallest absolute Gasteiger partial charge is 0.306 e. The average molecular weight is 341 g/mol. The predicted octanol–water partition coefficient (Wildman–Crippen LogP) is 1.70. The maximum atomic E-state index is 12.6. The van der Waals surface area contributed by atoms with Crippen LogP contribution in [0.1, 0.15) is 18.4 Å². The van der Waals surface area contributed by atoms with Crippen LogP contribution in [0, 0.1) is 22.7 Å². The number of aliphatic carboxylic acids is 1. The summed E-state index contributed by atoms with van der Waals surface area (Å²) in [5.41, 5.74) is -0.180. The van der Waals surface area contributed by atoms with Crippen LogP contribution < -0.4 is 0 Å². The Labute approximate surface area is 133 Å². The summed E-state index contributed by atoms with van der Waals surface area (Å²) in [6.45, 7) is 0.624. The fourth-order valence-electron chi connectivity index (χ4n) is 3.24. The quantitative estimate of drug-likeness (QED) is 0.902. The van der Waals surface area contributed by atoms with E-state index >= 15 is 0 Å². The Morgan fingerprint density at radius 1 is 1.41 bits per heavy atom. The van der Waals surface area contributed by atoms with Gasteiger partial charge in [0.15, 0.2) is 0 Å². The third-order valence-corrected chi connectivity index (χ3v) is 6.50. The van der Waals surface area contributed by atoms with Crippen molar-refractivity contribution in [2.24, 2.45) is 11.3 Å². The Hall–Kier alpha value is -1.62. The fourth-order valence-corrected chi connectivity index (χ4v) is 5.20. The van der Waals surface area contributed by atoms with Gasteiger partial charge in [-0.25, -0.2) is 8.42 Å². The molecule has 0 radical (unpaired) electrons. The maximum absolute atomic E-state index is 12.6. The van der Waals surface area contributed by atoms with Gasteiger partial charge in [0.2, 0.25) is 10.0 Å². The van der Waals surface area contributed by atoms with Crippen LogP contribution in [-0.4, -0.2) is 36.9 Å². The number of carboxylic acids is 1. The lowest BCUT2D eigenvalue weighted by Crippen LogP contribution is -2.64. The molecular weight excluding hydrogens is 328 g/mol. The Morgan fingerprint density at radius 2 is 2.05 bits per heavy atom. The molecule has 1 saturated heterocycles. The highest BCUT2D eigenvalue weighted by Crippen LogP contribution is 2.53. The number of carbonyl (C=O) groups is 1. The van der Waals surface area contributed by atoms with Crippen LogP contribution in [0.3, 0.4) is 0 Å². The van der Waals surface area contributed by atoms with Gasteiger partial charge in [-0.2, -0.15) is 9.57 Å². The number of halogens is 1. The molecule has 22 heavy (non-hydrogen) atoms. The summed E-state index contributed by atoms with van der Waals surface area (Å²) < 4.78 is 26.4. The first-order valence-electron chi connectivity index (χ1n) is 6.70. The van der Waals surface area contributed by atoms with Crippen LogP contribution in [0.15, 0.2) is 23.1 Å². The second-order valence-electron chi connectivity index (χ2n) is 5.97. The minimum Gasteiger partial charge on any atom is -0.481 e. The first-order chi connectivity index (χ1) is 10.3. The lowest BCUT2D eigenvalue weighted by molar-refractivity contribution is -0.155. The van der Waals surface area contributed by atoms with Crippen molar-refractivity contribution in [1.29, 1.82) is 5.26 Å². The van der Waals surface area contributed by atoms with Crippen LogP contribution in [0.4, 0.5) is 0 Å². The van der Waals surface area contributed by atoms with Gasteiger partial charge in [0.1, 0.15) is 11.0 Å². The summed E-state index contributed by atoms with van der Waals surface area (Å²) >= 11 is 5.78. The van der Waals surface area contributed by atoms with Crippen molar-refractivity contribution in [1.82, 2.24) is 4.31 Å². The maximum Gasteiger partial charge on any atom is 0.306 e. The number of nitrogens with zero attached hydrogens (tertiary/aromatic N) is 2. The van der Waals surface area contributed by atoms with E-state index < -0.39 is 16.0 Å². The van der Waals surface area contributed by atoms with E-state index in [1.807, 2.05) is 6.07 Å². The minimum atomic E-state index is -3.74. The molecule has 1 aromatic carbocycles. The van der Waals surface area contributed by atoms with E-state index in [1.54, 1.807) is 0 Å². The normalized spacial score (nSPS) is 20.9. The van der Waals surface area contributed by atoms with Crippen molar-refractivity contribution in [2.75, 3.05) is 13.1 Å². The lowest BCUT2D eigenvalue weighted by Gasteiger charge is -2.57. The molecule has 0 amide bonds. The molecule has 3 rings (SSSR count). The molecular formula is C14H13ClN2O4S. The molecule has 1 aliphatic carbocycles. The van der Waals surface area contributed by atoms with E-state index in [1.165, 1.54) is 22.5 Å². The van der Waals surface area contributed by atoms with Gasteiger partial charge in [0.05, 0.1) is 11.5 Å². The fraction of sp³-hybridized carbons (Fsp3) is 0.429. The highest BCUT2D eigenvalue weighted by Gasteiger charge is 2.57. The van der Waals surface area contributed by atoms with Crippen molar-refractivity contribution in [2.45, 2.75) is 17.7 Å². The van der Waals surface area contributed by atoms with Crippen molar-refractivity contribution in [3.05, 3.63) is 28.8 Å². The zero-order chi connectivity index (χ0) is 16.1. The largest absolute Gasteiger partial charge is 0.481 e. The molecule has 8 heteroatoms. The number of sulfonamides is 1. The predicted molar refractivity (Wildman–Crippen MR) is 77.7 cm³/mol. The Balaban J connectivity index is 1.77. The molecule has 1 aliphatic heterocycles. The summed E-state index contributed by atoms with van der Waals surface area (Å²) in [7, 11) is -3.74. The first kappa shape index (κ1) is 15.3. The number of rotatable bonds is 3. The zero-order valence-electron chi connectivity index (χ0n) is 11.5. The van der Waals surface area contributed by atoms with Crippen LogP contribution in [0.2, 0.25) is 5.02 Å². The molecule has 1 saturated carbocycles. The number of nitriles is 1. The van der Waals surface area contributed by atoms with E-state index in [0.29, 0.717) is 31.0 Å². The van der Waals surface area contributed by atoms with Gasteiger partial charge in [-0.15, -0.1) is 0 Å². The molecule has 1 heterocycles. The summed E-state index contributed by atoms with van der Waals surface area (Å²) in [5.74, 6) is -1.19. The van der Waals surface area contributed by atoms with Gasteiger partial charge < -0.3 is 5.11 Å². The van der Waals surface area contributed by atoms with Crippen LogP contribution in [0.25, 0.3) is 0 Å². The van der Waals surface area contributed by atoms with Crippen LogP contribution in [-0.2, 0) is 14.8 Å². The van der Waals surface area contributed by atoms with Crippen molar-refractivity contribution in [3.8, 4) is 6.07 Å². The highest BCUT2D eigenvalue weighted by atomic mass is 35.5. The Kier molecular flexibility index (Phi) is 3.44. The SMILES string of the molecule is N#Cc1cc(Cl)ccc1S(=O)(=O)N1CC2(CC(C(=O)O)C2)C1. The molecule has 1 spiro atoms. The molecule has 2 aliphatic rings. The van der Waals surface area contributed by atoms with Gasteiger partial charge in [-0.1, -0.05) is 11.6 Å². The number of benzene rings is 1. The summed E-state index contributed by atoms with van der Waals surface area (Å²) in [6.07, 6.45) is 1.03. The van der Waals surface area contributed by atoms with Gasteiger partial charge in [-0.3, -0.25) is 4.79 Å². The average Bonchev–Trinajstić information content (AvgIpc) is 2.34. The Bertz CT molecular complexity index is 786. The van der Waals surface area contributed by atoms with E-state index in [2.05, 4.69) is 0 Å². The van der Waals surface area contributed by atoms with Crippen molar-refractivity contribution in [3.63, 3.8) is 0 Å². The second kappa shape index (κ2) is 4.95. The van der Waals surface area contributed by atoms with Crippen LogP contribution >= 0.6 is 11.6 Å². The van der Waals surface area contributed by atoms with Crippen molar-refractivity contribution >= 4 is 27.6 Å². The number of hydrogen-bond acceptors (Lipinski definition) is 4. The standard InChI is InChI=1S/C14H13ClN2O4S/c15-11-1-2-12(9(3-11)6-16)22(20,21)17-7-14(8-17)4-10(5-14)13(18)19/h1-3,10H,4-5,7-8H2,(H,18,19).